The van der Waals surface area contributed by atoms with Gasteiger partial charge in [-0.15, -0.1) is 0 Å². The highest BCUT2D eigenvalue weighted by atomic mass is 16.5. The lowest BCUT2D eigenvalue weighted by Crippen LogP contribution is -2.52. The summed E-state index contributed by atoms with van der Waals surface area (Å²) in [6, 6.07) is 6.62. The molecule has 142 valence electrons. The van der Waals surface area contributed by atoms with Crippen LogP contribution in [-0.4, -0.2) is 56.5 Å². The van der Waals surface area contributed by atoms with Crippen LogP contribution >= 0.6 is 0 Å². The van der Waals surface area contributed by atoms with Crippen LogP contribution in [0.15, 0.2) is 24.3 Å². The second kappa shape index (κ2) is 9.07. The van der Waals surface area contributed by atoms with Crippen LogP contribution in [0.1, 0.15) is 20.3 Å². The van der Waals surface area contributed by atoms with Crippen LogP contribution < -0.4 is 25.6 Å². The maximum absolute atomic E-state index is 12.4. The molecule has 0 spiro atoms. The van der Waals surface area contributed by atoms with Crippen molar-refractivity contribution in [1.29, 1.82) is 0 Å². The highest BCUT2D eigenvalue weighted by Crippen LogP contribution is 2.32. The summed E-state index contributed by atoms with van der Waals surface area (Å²) in [5.41, 5.74) is 0.742. The van der Waals surface area contributed by atoms with Crippen LogP contribution in [0.3, 0.4) is 0 Å². The number of fused-ring (bicyclic) bond motifs is 1. The summed E-state index contributed by atoms with van der Waals surface area (Å²) in [5.74, 6) is -0.214. The van der Waals surface area contributed by atoms with Gasteiger partial charge in [0.05, 0.1) is 18.8 Å². The zero-order valence-corrected chi connectivity index (χ0v) is 15.4. The molecule has 2 atom stereocenters. The van der Waals surface area contributed by atoms with Crippen molar-refractivity contribution in [2.75, 3.05) is 31.6 Å². The molecule has 1 heterocycles. The summed E-state index contributed by atoms with van der Waals surface area (Å²) in [6.45, 7) is 4.45. The van der Waals surface area contributed by atoms with E-state index in [1.807, 2.05) is 25.1 Å². The van der Waals surface area contributed by atoms with Crippen molar-refractivity contribution < 1.29 is 19.1 Å². The van der Waals surface area contributed by atoms with Gasteiger partial charge < -0.3 is 25.6 Å². The first-order chi connectivity index (χ1) is 12.5. The molecule has 1 aliphatic heterocycles. The highest BCUT2D eigenvalue weighted by molar-refractivity contribution is 5.90. The van der Waals surface area contributed by atoms with Crippen molar-refractivity contribution in [3.63, 3.8) is 0 Å². The molecule has 1 aromatic carbocycles. The number of rotatable bonds is 7. The lowest BCUT2D eigenvalue weighted by molar-refractivity contribution is -0.128. The standard InChI is InChI=1S/C18H26N4O4/c1-4-9-20-17(24)12(2)21-16(23)11-22-10-15(18(25)19-3)26-14-8-6-5-7-13(14)22/h5-8,12,15H,4,9-11H2,1-3H3,(H,19,25)(H,20,24)(H,21,23)/t12-,15+/m0/s1. The van der Waals surface area contributed by atoms with Crippen molar-refractivity contribution in [3.05, 3.63) is 24.3 Å². The molecule has 0 bridgehead atoms. The molecule has 2 rings (SSSR count). The normalized spacial score (nSPS) is 16.7. The topological polar surface area (TPSA) is 99.8 Å². The summed E-state index contributed by atoms with van der Waals surface area (Å²) in [6.07, 6.45) is 0.130. The summed E-state index contributed by atoms with van der Waals surface area (Å²) < 4.78 is 5.71. The first-order valence-corrected chi connectivity index (χ1v) is 8.75. The van der Waals surface area contributed by atoms with Crippen LogP contribution in [0.5, 0.6) is 5.75 Å². The second-order valence-electron chi connectivity index (χ2n) is 6.15. The number of likely N-dealkylation sites (N-methyl/N-ethyl adjacent to an activating group) is 1. The maximum Gasteiger partial charge on any atom is 0.262 e. The Balaban J connectivity index is 2.03. The van der Waals surface area contributed by atoms with E-state index in [0.717, 1.165) is 12.1 Å². The Hall–Kier alpha value is -2.77. The van der Waals surface area contributed by atoms with E-state index in [-0.39, 0.29) is 30.8 Å². The quantitative estimate of drug-likeness (QED) is 0.636. The fourth-order valence-electron chi connectivity index (χ4n) is 2.68. The van der Waals surface area contributed by atoms with E-state index in [4.69, 9.17) is 4.74 Å². The van der Waals surface area contributed by atoms with Crippen LogP contribution in [0, 0.1) is 0 Å². The number of amides is 3. The molecule has 0 radical (unpaired) electrons. The molecule has 3 N–H and O–H groups in total. The summed E-state index contributed by atoms with van der Waals surface area (Å²) in [5, 5.41) is 8.00. The lowest BCUT2D eigenvalue weighted by Gasteiger charge is -2.35. The Morgan fingerprint density at radius 3 is 2.73 bits per heavy atom. The molecule has 8 nitrogen and oxygen atoms in total. The largest absolute Gasteiger partial charge is 0.477 e. The Morgan fingerprint density at radius 2 is 2.04 bits per heavy atom. The van der Waals surface area contributed by atoms with Crippen LogP contribution in [0.2, 0.25) is 0 Å². The second-order valence-corrected chi connectivity index (χ2v) is 6.15. The molecule has 0 saturated carbocycles. The predicted molar refractivity (Wildman–Crippen MR) is 98.0 cm³/mol. The van der Waals surface area contributed by atoms with Gasteiger partial charge >= 0.3 is 0 Å². The Bertz CT molecular complexity index is 664. The molecule has 0 unspecified atom stereocenters. The first kappa shape index (κ1) is 19.6. The van der Waals surface area contributed by atoms with Crippen LogP contribution in [0.4, 0.5) is 5.69 Å². The average Bonchev–Trinajstić information content (AvgIpc) is 2.65. The fraction of sp³-hybridized carbons (Fsp3) is 0.500. The van der Waals surface area contributed by atoms with E-state index in [0.29, 0.717) is 12.3 Å². The molecule has 0 saturated heterocycles. The van der Waals surface area contributed by atoms with E-state index < -0.39 is 12.1 Å². The minimum atomic E-state index is -0.701. The number of hydrogen-bond donors (Lipinski definition) is 3. The zero-order valence-electron chi connectivity index (χ0n) is 15.4. The Kier molecular flexibility index (Phi) is 6.82. The third kappa shape index (κ3) is 4.87. The zero-order chi connectivity index (χ0) is 19.1. The number of carbonyl (C=O) groups is 3. The SMILES string of the molecule is CCCNC(=O)[C@H](C)NC(=O)CN1C[C@H](C(=O)NC)Oc2ccccc21. The molecular weight excluding hydrogens is 336 g/mol. The van der Waals surface area contributed by atoms with Gasteiger partial charge in [0.15, 0.2) is 6.10 Å². The lowest BCUT2D eigenvalue weighted by atomic mass is 10.1. The fourth-order valence-corrected chi connectivity index (χ4v) is 2.68. The molecule has 3 amide bonds. The number of benzene rings is 1. The Morgan fingerprint density at radius 1 is 1.31 bits per heavy atom. The van der Waals surface area contributed by atoms with Gasteiger partial charge in [-0.1, -0.05) is 19.1 Å². The molecule has 0 fully saturated rings. The van der Waals surface area contributed by atoms with Crippen molar-refractivity contribution in [2.45, 2.75) is 32.4 Å². The molecular formula is C18H26N4O4. The minimum absolute atomic E-state index is 0.0270. The third-order valence-electron chi connectivity index (χ3n) is 4.05. The average molecular weight is 362 g/mol. The molecule has 26 heavy (non-hydrogen) atoms. The number of hydrogen-bond acceptors (Lipinski definition) is 5. The van der Waals surface area contributed by atoms with Gasteiger partial charge in [0.1, 0.15) is 11.8 Å². The van der Waals surface area contributed by atoms with Gasteiger partial charge in [-0.2, -0.15) is 0 Å². The number of ether oxygens (including phenoxy) is 1. The Labute approximate surface area is 153 Å². The molecule has 1 aliphatic rings. The van der Waals surface area contributed by atoms with Crippen LogP contribution in [-0.2, 0) is 14.4 Å². The van der Waals surface area contributed by atoms with Crippen molar-refractivity contribution >= 4 is 23.4 Å². The van der Waals surface area contributed by atoms with Crippen molar-refractivity contribution in [3.8, 4) is 5.75 Å². The number of nitrogens with zero attached hydrogens (tertiary/aromatic N) is 1. The van der Waals surface area contributed by atoms with Gasteiger partial charge in [0.25, 0.3) is 5.91 Å². The summed E-state index contributed by atoms with van der Waals surface area (Å²) in [7, 11) is 1.54. The molecule has 0 aromatic heterocycles. The van der Waals surface area contributed by atoms with Crippen molar-refractivity contribution in [1.82, 2.24) is 16.0 Å². The number of para-hydroxylation sites is 2. The maximum atomic E-state index is 12.4. The number of nitrogens with one attached hydrogen (secondary N) is 3. The highest BCUT2D eigenvalue weighted by Gasteiger charge is 2.31. The van der Waals surface area contributed by atoms with Gasteiger partial charge in [-0.05, 0) is 25.5 Å². The number of anilines is 1. The van der Waals surface area contributed by atoms with E-state index in [9.17, 15) is 14.4 Å². The predicted octanol–water partition coefficient (Wildman–Crippen LogP) is 0.0309. The molecule has 8 heteroatoms. The van der Waals surface area contributed by atoms with Gasteiger partial charge in [-0.25, -0.2) is 0 Å². The van der Waals surface area contributed by atoms with Gasteiger partial charge in [0, 0.05) is 13.6 Å². The smallest absolute Gasteiger partial charge is 0.262 e. The van der Waals surface area contributed by atoms with E-state index >= 15 is 0 Å². The molecule has 0 aliphatic carbocycles. The van der Waals surface area contributed by atoms with Crippen LogP contribution in [0.25, 0.3) is 0 Å². The van der Waals surface area contributed by atoms with Gasteiger partial charge in [0.2, 0.25) is 11.8 Å². The third-order valence-corrected chi connectivity index (χ3v) is 4.05. The molecule has 1 aromatic rings. The van der Waals surface area contributed by atoms with Crippen molar-refractivity contribution in [2.24, 2.45) is 0 Å². The first-order valence-electron chi connectivity index (χ1n) is 8.75. The minimum Gasteiger partial charge on any atom is -0.477 e. The number of carbonyl (C=O) groups excluding carboxylic acids is 3. The van der Waals surface area contributed by atoms with E-state index in [2.05, 4.69) is 16.0 Å². The summed E-state index contributed by atoms with van der Waals surface area (Å²) in [4.78, 5) is 38.0. The van der Waals surface area contributed by atoms with Gasteiger partial charge in [-0.3, -0.25) is 14.4 Å². The monoisotopic (exact) mass is 362 g/mol. The van der Waals surface area contributed by atoms with E-state index in [1.54, 1.807) is 24.9 Å². The summed E-state index contributed by atoms with van der Waals surface area (Å²) >= 11 is 0. The van der Waals surface area contributed by atoms with E-state index in [1.165, 1.54) is 0 Å².